The Bertz CT molecular complexity index is 230. The van der Waals surface area contributed by atoms with Crippen LogP contribution in [0.15, 0.2) is 0 Å². The van der Waals surface area contributed by atoms with Crippen molar-refractivity contribution in [2.24, 2.45) is 0 Å². The Morgan fingerprint density at radius 1 is 1.06 bits per heavy atom. The maximum atomic E-state index is 11.1. The maximum absolute atomic E-state index is 11.1. The molecule has 0 aliphatic heterocycles. The summed E-state index contributed by atoms with van der Waals surface area (Å²) in [6.45, 7) is 5.06. The highest BCUT2D eigenvalue weighted by atomic mass is 16.6. The topological polar surface area (TPSA) is 82.1 Å². The first-order chi connectivity index (χ1) is 7.31. The Balaban J connectivity index is 3.38. The fourth-order valence-corrected chi connectivity index (χ4v) is 0.804. The Hall–Kier alpha value is -1.14. The van der Waals surface area contributed by atoms with Gasteiger partial charge in [-0.3, -0.25) is 0 Å². The second kappa shape index (κ2) is 7.19. The fraction of sp³-hybridized carbons (Fsp3) is 0.800. The zero-order chi connectivity index (χ0) is 12.6. The van der Waals surface area contributed by atoms with Gasteiger partial charge in [0.1, 0.15) is 18.8 Å². The lowest BCUT2D eigenvalue weighted by Gasteiger charge is -2.19. The molecule has 0 saturated carbocycles. The number of carbonyl (C=O) groups is 2. The maximum Gasteiger partial charge on any atom is 0.332 e. The molecule has 94 valence electrons. The summed E-state index contributed by atoms with van der Waals surface area (Å²) in [4.78, 5) is 21.2. The van der Waals surface area contributed by atoms with E-state index in [0.717, 1.165) is 0 Å². The summed E-state index contributed by atoms with van der Waals surface area (Å²) in [6.07, 6.45) is 0. The number of carbonyl (C=O) groups excluding carboxylic acids is 1. The van der Waals surface area contributed by atoms with E-state index in [0.29, 0.717) is 0 Å². The van der Waals surface area contributed by atoms with Crippen LogP contribution >= 0.6 is 0 Å². The third-order valence-electron chi connectivity index (χ3n) is 1.24. The fourth-order valence-electron chi connectivity index (χ4n) is 0.804. The minimum absolute atomic E-state index is 0.134. The smallest absolute Gasteiger partial charge is 0.332 e. The van der Waals surface area contributed by atoms with Crippen LogP contribution in [0, 0.1) is 0 Å². The second-order valence-electron chi connectivity index (χ2n) is 4.09. The quantitative estimate of drug-likeness (QED) is 0.508. The molecule has 0 radical (unpaired) electrons. The molecule has 6 heteroatoms. The Labute approximate surface area is 94.5 Å². The summed E-state index contributed by atoms with van der Waals surface area (Å²) < 4.78 is 14.6. The van der Waals surface area contributed by atoms with Crippen molar-refractivity contribution in [1.82, 2.24) is 0 Å². The van der Waals surface area contributed by atoms with Gasteiger partial charge in [-0.05, 0) is 20.8 Å². The Morgan fingerprint density at radius 3 is 2.00 bits per heavy atom. The van der Waals surface area contributed by atoms with Gasteiger partial charge in [-0.1, -0.05) is 0 Å². The predicted octanol–water partition coefficient (Wildman–Crippen LogP) is 0.446. The van der Waals surface area contributed by atoms with Crippen LogP contribution in [-0.2, 0) is 23.8 Å². The van der Waals surface area contributed by atoms with Crippen molar-refractivity contribution in [2.45, 2.75) is 26.4 Å². The molecule has 0 aromatic rings. The van der Waals surface area contributed by atoms with Gasteiger partial charge in [0.05, 0.1) is 13.2 Å². The summed E-state index contributed by atoms with van der Waals surface area (Å²) in [5.41, 5.74) is -0.528. The van der Waals surface area contributed by atoms with Gasteiger partial charge in [-0.2, -0.15) is 0 Å². The van der Waals surface area contributed by atoms with Gasteiger partial charge in [0.15, 0.2) is 0 Å². The van der Waals surface area contributed by atoms with Crippen molar-refractivity contribution >= 4 is 11.9 Å². The number of carboxylic acid groups (broad SMARTS) is 1. The second-order valence-corrected chi connectivity index (χ2v) is 4.09. The van der Waals surface area contributed by atoms with Crippen molar-refractivity contribution in [3.8, 4) is 0 Å². The summed E-state index contributed by atoms with van der Waals surface area (Å²) in [5, 5.41) is 8.25. The third kappa shape index (κ3) is 10.9. The van der Waals surface area contributed by atoms with Crippen molar-refractivity contribution < 1.29 is 28.9 Å². The molecule has 1 N–H and O–H groups in total. The van der Waals surface area contributed by atoms with E-state index in [1.54, 1.807) is 20.8 Å². The van der Waals surface area contributed by atoms with E-state index >= 15 is 0 Å². The zero-order valence-corrected chi connectivity index (χ0v) is 9.82. The normalized spacial score (nSPS) is 11.2. The highest BCUT2D eigenvalue weighted by Gasteiger charge is 2.15. The highest BCUT2D eigenvalue weighted by Crippen LogP contribution is 2.06. The van der Waals surface area contributed by atoms with Gasteiger partial charge in [-0.25, -0.2) is 9.59 Å². The molecule has 0 aromatic heterocycles. The lowest BCUT2D eigenvalue weighted by atomic mass is 10.2. The predicted molar refractivity (Wildman–Crippen MR) is 55.1 cm³/mol. The van der Waals surface area contributed by atoms with Gasteiger partial charge in [0, 0.05) is 0 Å². The molecule has 0 atom stereocenters. The van der Waals surface area contributed by atoms with E-state index in [2.05, 4.69) is 0 Å². The first-order valence-corrected chi connectivity index (χ1v) is 4.90. The van der Waals surface area contributed by atoms with E-state index in [1.165, 1.54) is 0 Å². The summed E-state index contributed by atoms with van der Waals surface area (Å²) in [5.74, 6) is -1.49. The average Bonchev–Trinajstić information content (AvgIpc) is 2.07. The van der Waals surface area contributed by atoms with Gasteiger partial charge < -0.3 is 19.3 Å². The molecule has 0 unspecified atom stereocenters. The van der Waals surface area contributed by atoms with Gasteiger partial charge in [-0.15, -0.1) is 0 Å². The molecule has 6 nitrogen and oxygen atoms in total. The number of esters is 1. The van der Waals surface area contributed by atoms with Crippen LogP contribution in [0.4, 0.5) is 0 Å². The lowest BCUT2D eigenvalue weighted by molar-refractivity contribution is -0.161. The molecule has 0 aromatic carbocycles. The van der Waals surface area contributed by atoms with Gasteiger partial charge in [0.25, 0.3) is 0 Å². The standard InChI is InChI=1S/C10H18O6/c1-10(2,3)16-9(13)7-15-5-4-14-6-8(11)12/h4-7H2,1-3H3,(H,11,12). The summed E-state index contributed by atoms with van der Waals surface area (Å²) in [6, 6.07) is 0. The van der Waals surface area contributed by atoms with E-state index in [9.17, 15) is 9.59 Å². The molecule has 16 heavy (non-hydrogen) atoms. The van der Waals surface area contributed by atoms with E-state index in [-0.39, 0.29) is 26.4 Å². The summed E-state index contributed by atoms with van der Waals surface area (Å²) in [7, 11) is 0. The Kier molecular flexibility index (Phi) is 6.67. The van der Waals surface area contributed by atoms with Crippen molar-refractivity contribution in [1.29, 1.82) is 0 Å². The van der Waals surface area contributed by atoms with Crippen LogP contribution in [0.25, 0.3) is 0 Å². The molecule has 0 spiro atoms. The van der Waals surface area contributed by atoms with Gasteiger partial charge >= 0.3 is 11.9 Å². The summed E-state index contributed by atoms with van der Waals surface area (Å²) >= 11 is 0. The molecule has 0 saturated heterocycles. The minimum atomic E-state index is -1.04. The number of aliphatic carboxylic acids is 1. The molecule has 0 rings (SSSR count). The molecule has 0 aliphatic carbocycles. The SMILES string of the molecule is CC(C)(C)OC(=O)COCCOCC(=O)O. The Morgan fingerprint density at radius 2 is 1.56 bits per heavy atom. The number of carboxylic acids is 1. The van der Waals surface area contributed by atoms with E-state index in [1.807, 2.05) is 0 Å². The number of ether oxygens (including phenoxy) is 3. The molecular weight excluding hydrogens is 216 g/mol. The minimum Gasteiger partial charge on any atom is -0.480 e. The van der Waals surface area contributed by atoms with Crippen molar-refractivity contribution in [2.75, 3.05) is 26.4 Å². The van der Waals surface area contributed by atoms with Crippen LogP contribution in [0.5, 0.6) is 0 Å². The van der Waals surface area contributed by atoms with Crippen molar-refractivity contribution in [3.05, 3.63) is 0 Å². The zero-order valence-electron chi connectivity index (χ0n) is 9.82. The molecule has 0 aliphatic rings. The van der Waals surface area contributed by atoms with Crippen molar-refractivity contribution in [3.63, 3.8) is 0 Å². The van der Waals surface area contributed by atoms with Crippen LogP contribution in [0.3, 0.4) is 0 Å². The van der Waals surface area contributed by atoms with Crippen LogP contribution in [-0.4, -0.2) is 49.1 Å². The van der Waals surface area contributed by atoms with Crippen LogP contribution in [0.1, 0.15) is 20.8 Å². The largest absolute Gasteiger partial charge is 0.480 e. The third-order valence-corrected chi connectivity index (χ3v) is 1.24. The highest BCUT2D eigenvalue weighted by molar-refractivity contribution is 5.71. The molecular formula is C10H18O6. The van der Waals surface area contributed by atoms with Crippen LogP contribution in [0.2, 0.25) is 0 Å². The van der Waals surface area contributed by atoms with Crippen LogP contribution < -0.4 is 0 Å². The number of hydrogen-bond acceptors (Lipinski definition) is 5. The first-order valence-electron chi connectivity index (χ1n) is 4.90. The number of hydrogen-bond donors (Lipinski definition) is 1. The van der Waals surface area contributed by atoms with E-state index < -0.39 is 17.5 Å². The van der Waals surface area contributed by atoms with Gasteiger partial charge in [0.2, 0.25) is 0 Å². The lowest BCUT2D eigenvalue weighted by Crippen LogP contribution is -2.27. The molecule has 0 amide bonds. The number of rotatable bonds is 7. The first kappa shape index (κ1) is 14.9. The molecule has 0 bridgehead atoms. The average molecular weight is 234 g/mol. The molecule has 0 fully saturated rings. The molecule has 0 heterocycles. The monoisotopic (exact) mass is 234 g/mol. The van der Waals surface area contributed by atoms with E-state index in [4.69, 9.17) is 19.3 Å².